The molecule has 0 heterocycles. The maximum Gasteiger partial charge on any atom is 0.101 e. The number of nitrogens with two attached hydrogens (primary N) is 1. The number of amidine groups is 1. The highest BCUT2D eigenvalue weighted by Crippen LogP contribution is 2.16. The summed E-state index contributed by atoms with van der Waals surface area (Å²) >= 11 is 0. The molecule has 0 saturated carbocycles. The third-order valence-corrected chi connectivity index (χ3v) is 1.32. The van der Waals surface area contributed by atoms with Crippen molar-refractivity contribution in [3.63, 3.8) is 0 Å². The second-order valence-electron chi connectivity index (χ2n) is 2.38. The molecule has 1 aromatic rings. The van der Waals surface area contributed by atoms with Crippen LogP contribution in [-0.2, 0) is 0 Å². The Morgan fingerprint density at radius 2 is 2.17 bits per heavy atom. The van der Waals surface area contributed by atoms with Gasteiger partial charge in [-0.05, 0) is 19.1 Å². The van der Waals surface area contributed by atoms with E-state index in [0.717, 1.165) is 0 Å². The Kier molecular flexibility index (Phi) is 2.44. The van der Waals surface area contributed by atoms with Gasteiger partial charge in [0, 0.05) is 0 Å². The minimum atomic E-state index is 0.456. The molecule has 0 amide bonds. The van der Waals surface area contributed by atoms with Crippen molar-refractivity contribution in [1.29, 1.82) is 5.26 Å². The second-order valence-corrected chi connectivity index (χ2v) is 2.38. The van der Waals surface area contributed by atoms with Crippen molar-refractivity contribution in [2.75, 3.05) is 0 Å². The van der Waals surface area contributed by atoms with Crippen LogP contribution in [0, 0.1) is 11.3 Å². The van der Waals surface area contributed by atoms with Gasteiger partial charge >= 0.3 is 0 Å². The number of rotatable bonds is 1. The first-order valence-corrected chi connectivity index (χ1v) is 3.54. The summed E-state index contributed by atoms with van der Waals surface area (Å²) in [5, 5.41) is 8.67. The lowest BCUT2D eigenvalue weighted by atomic mass is 10.2. The fourth-order valence-electron chi connectivity index (χ4n) is 0.856. The van der Waals surface area contributed by atoms with Gasteiger partial charge in [-0.15, -0.1) is 0 Å². The topological polar surface area (TPSA) is 62.2 Å². The number of para-hydroxylation sites is 1. The lowest BCUT2D eigenvalue weighted by molar-refractivity contribution is 1.41. The maximum atomic E-state index is 8.67. The average Bonchev–Trinajstić information content (AvgIpc) is 2.04. The number of hydrogen-bond donors (Lipinski definition) is 1. The Bertz CT molecular complexity index is 343. The van der Waals surface area contributed by atoms with Gasteiger partial charge in [-0.3, -0.25) is 0 Å². The van der Waals surface area contributed by atoms with Crippen LogP contribution in [0.1, 0.15) is 12.5 Å². The molecule has 0 atom stereocenters. The Morgan fingerprint density at radius 3 is 2.75 bits per heavy atom. The number of nitrogens with zero attached hydrogens (tertiary/aromatic N) is 2. The average molecular weight is 159 g/mol. The van der Waals surface area contributed by atoms with E-state index in [9.17, 15) is 0 Å². The minimum absolute atomic E-state index is 0.456. The molecule has 0 unspecified atom stereocenters. The van der Waals surface area contributed by atoms with Crippen LogP contribution in [0.5, 0.6) is 0 Å². The van der Waals surface area contributed by atoms with E-state index in [2.05, 4.69) is 4.99 Å². The summed E-state index contributed by atoms with van der Waals surface area (Å²) in [7, 11) is 0. The molecule has 1 rings (SSSR count). The molecule has 0 aliphatic heterocycles. The Morgan fingerprint density at radius 1 is 1.50 bits per heavy atom. The maximum absolute atomic E-state index is 8.67. The van der Waals surface area contributed by atoms with Gasteiger partial charge in [0.05, 0.1) is 17.1 Å². The van der Waals surface area contributed by atoms with Gasteiger partial charge in [0.2, 0.25) is 0 Å². The van der Waals surface area contributed by atoms with E-state index in [1.165, 1.54) is 0 Å². The third-order valence-electron chi connectivity index (χ3n) is 1.32. The van der Waals surface area contributed by atoms with E-state index in [4.69, 9.17) is 11.0 Å². The number of benzene rings is 1. The van der Waals surface area contributed by atoms with E-state index in [1.54, 1.807) is 25.1 Å². The lowest BCUT2D eigenvalue weighted by Gasteiger charge is -1.96. The molecule has 0 aliphatic carbocycles. The molecule has 0 aliphatic rings. The molecule has 3 nitrogen and oxygen atoms in total. The predicted molar refractivity (Wildman–Crippen MR) is 48.1 cm³/mol. The molecule has 2 N–H and O–H groups in total. The molecule has 3 heteroatoms. The highest BCUT2D eigenvalue weighted by atomic mass is 14.8. The molecule has 0 spiro atoms. The van der Waals surface area contributed by atoms with Crippen LogP contribution in [0.25, 0.3) is 0 Å². The summed E-state index contributed by atoms with van der Waals surface area (Å²) in [6.45, 7) is 1.69. The quantitative estimate of drug-likeness (QED) is 0.499. The van der Waals surface area contributed by atoms with Gasteiger partial charge in [0.1, 0.15) is 6.07 Å². The molecule has 0 bridgehead atoms. The van der Waals surface area contributed by atoms with Crippen LogP contribution in [-0.4, -0.2) is 5.84 Å². The first-order chi connectivity index (χ1) is 5.74. The van der Waals surface area contributed by atoms with Crippen molar-refractivity contribution in [3.8, 4) is 6.07 Å². The minimum Gasteiger partial charge on any atom is -0.387 e. The summed E-state index contributed by atoms with van der Waals surface area (Å²) in [5.74, 6) is 0.456. The smallest absolute Gasteiger partial charge is 0.101 e. The molecular weight excluding hydrogens is 150 g/mol. The first kappa shape index (κ1) is 8.28. The normalized spacial score (nSPS) is 10.8. The summed E-state index contributed by atoms with van der Waals surface area (Å²) < 4.78 is 0. The molecule has 0 radical (unpaired) electrons. The van der Waals surface area contributed by atoms with E-state index < -0.39 is 0 Å². The zero-order valence-corrected chi connectivity index (χ0v) is 6.78. The lowest BCUT2D eigenvalue weighted by Crippen LogP contribution is -2.03. The molecule has 0 saturated heterocycles. The highest BCUT2D eigenvalue weighted by molar-refractivity contribution is 5.81. The van der Waals surface area contributed by atoms with Gasteiger partial charge in [-0.25, -0.2) is 4.99 Å². The highest BCUT2D eigenvalue weighted by Gasteiger charge is 1.96. The van der Waals surface area contributed by atoms with Crippen LogP contribution in [0.4, 0.5) is 5.69 Å². The van der Waals surface area contributed by atoms with Gasteiger partial charge in [-0.2, -0.15) is 5.26 Å². The Hall–Kier alpha value is -1.82. The summed E-state index contributed by atoms with van der Waals surface area (Å²) in [4.78, 5) is 4.00. The van der Waals surface area contributed by atoms with Crippen molar-refractivity contribution >= 4 is 11.5 Å². The zero-order valence-electron chi connectivity index (χ0n) is 6.78. The SMILES string of the molecule is CC(N)=Nc1ccccc1C#N. The molecule has 60 valence electrons. The number of aliphatic imine (C=N–C) groups is 1. The van der Waals surface area contributed by atoms with Crippen molar-refractivity contribution in [2.45, 2.75) is 6.92 Å². The van der Waals surface area contributed by atoms with Crippen molar-refractivity contribution < 1.29 is 0 Å². The summed E-state index contributed by atoms with van der Waals surface area (Å²) in [6.07, 6.45) is 0. The van der Waals surface area contributed by atoms with Crippen molar-refractivity contribution in [1.82, 2.24) is 0 Å². The van der Waals surface area contributed by atoms with Gasteiger partial charge in [-0.1, -0.05) is 12.1 Å². The zero-order chi connectivity index (χ0) is 8.97. The van der Waals surface area contributed by atoms with Gasteiger partial charge in [0.25, 0.3) is 0 Å². The van der Waals surface area contributed by atoms with E-state index in [1.807, 2.05) is 12.1 Å². The largest absolute Gasteiger partial charge is 0.387 e. The van der Waals surface area contributed by atoms with Crippen LogP contribution in [0.2, 0.25) is 0 Å². The molecule has 0 fully saturated rings. The standard InChI is InChI=1S/C9H9N3/c1-7(11)12-9-5-3-2-4-8(9)6-10/h2-5H,1H3,(H2,11,12). The second kappa shape index (κ2) is 3.54. The first-order valence-electron chi connectivity index (χ1n) is 3.54. The summed E-state index contributed by atoms with van der Waals surface area (Å²) in [6, 6.07) is 9.12. The van der Waals surface area contributed by atoms with Crippen molar-refractivity contribution in [3.05, 3.63) is 29.8 Å². The fraction of sp³-hybridized carbons (Fsp3) is 0.111. The van der Waals surface area contributed by atoms with Crippen LogP contribution in [0.15, 0.2) is 29.3 Å². The van der Waals surface area contributed by atoms with Gasteiger partial charge < -0.3 is 5.73 Å². The van der Waals surface area contributed by atoms with Crippen LogP contribution < -0.4 is 5.73 Å². The number of nitriles is 1. The Balaban J connectivity index is 3.17. The monoisotopic (exact) mass is 159 g/mol. The molecule has 12 heavy (non-hydrogen) atoms. The predicted octanol–water partition coefficient (Wildman–Crippen LogP) is 1.57. The molecular formula is C9H9N3. The van der Waals surface area contributed by atoms with E-state index in [0.29, 0.717) is 17.1 Å². The summed E-state index contributed by atoms with van der Waals surface area (Å²) in [5.41, 5.74) is 6.56. The fourth-order valence-corrected chi connectivity index (χ4v) is 0.856. The Labute approximate surface area is 71.2 Å². The van der Waals surface area contributed by atoms with Crippen molar-refractivity contribution in [2.24, 2.45) is 10.7 Å². The van der Waals surface area contributed by atoms with Crippen LogP contribution >= 0.6 is 0 Å². The van der Waals surface area contributed by atoms with E-state index in [-0.39, 0.29) is 0 Å². The van der Waals surface area contributed by atoms with E-state index >= 15 is 0 Å². The molecule has 0 aromatic heterocycles. The third kappa shape index (κ3) is 1.83. The van der Waals surface area contributed by atoms with Crippen LogP contribution in [0.3, 0.4) is 0 Å². The number of hydrogen-bond acceptors (Lipinski definition) is 2. The molecule has 1 aromatic carbocycles. The van der Waals surface area contributed by atoms with Gasteiger partial charge in [0.15, 0.2) is 0 Å².